The molecule has 0 saturated carbocycles. The monoisotopic (exact) mass is 219 g/mol. The van der Waals surface area contributed by atoms with E-state index in [1.807, 2.05) is 7.11 Å². The fraction of sp³-hybridized carbons (Fsp3) is 0.571. The predicted molar refractivity (Wildman–Crippen MR) is 66.8 cm³/mol. The third-order valence-electron chi connectivity index (χ3n) is 3.47. The van der Waals surface area contributed by atoms with Gasteiger partial charge in [0.05, 0.1) is 5.60 Å². The van der Waals surface area contributed by atoms with Crippen LogP contribution in [0, 0.1) is 0 Å². The Labute approximate surface area is 98.0 Å². The highest BCUT2D eigenvalue weighted by molar-refractivity contribution is 5.27. The molecule has 1 saturated heterocycles. The molecule has 16 heavy (non-hydrogen) atoms. The molecule has 0 aliphatic carbocycles. The highest BCUT2D eigenvalue weighted by atomic mass is 16.5. The van der Waals surface area contributed by atoms with E-state index >= 15 is 0 Å². The van der Waals surface area contributed by atoms with E-state index < -0.39 is 0 Å². The average Bonchev–Trinajstić information content (AvgIpc) is 2.24. The summed E-state index contributed by atoms with van der Waals surface area (Å²) in [6.45, 7) is 6.40. The number of rotatable bonds is 4. The summed E-state index contributed by atoms with van der Waals surface area (Å²) in [5, 5.41) is 3.29. The van der Waals surface area contributed by atoms with Crippen LogP contribution in [0.1, 0.15) is 30.9 Å². The zero-order valence-corrected chi connectivity index (χ0v) is 10.4. The van der Waals surface area contributed by atoms with Crippen molar-refractivity contribution in [1.29, 1.82) is 0 Å². The van der Waals surface area contributed by atoms with E-state index in [1.54, 1.807) is 0 Å². The van der Waals surface area contributed by atoms with Gasteiger partial charge in [0.1, 0.15) is 0 Å². The van der Waals surface area contributed by atoms with Crippen molar-refractivity contribution in [1.82, 2.24) is 5.32 Å². The van der Waals surface area contributed by atoms with E-state index in [9.17, 15) is 0 Å². The summed E-state index contributed by atoms with van der Waals surface area (Å²) >= 11 is 0. The SMILES string of the molecule is COC1(Cc2cccc(C(C)C)c2)CNC1. The zero-order chi connectivity index (χ0) is 11.6. The summed E-state index contributed by atoms with van der Waals surface area (Å²) in [5.41, 5.74) is 2.83. The molecule has 1 aromatic carbocycles. The van der Waals surface area contributed by atoms with Crippen molar-refractivity contribution in [2.45, 2.75) is 31.8 Å². The lowest BCUT2D eigenvalue weighted by atomic mass is 9.87. The molecule has 1 aliphatic rings. The van der Waals surface area contributed by atoms with Crippen molar-refractivity contribution in [2.24, 2.45) is 0 Å². The van der Waals surface area contributed by atoms with Gasteiger partial charge < -0.3 is 10.1 Å². The van der Waals surface area contributed by atoms with Gasteiger partial charge in [-0.05, 0) is 17.0 Å². The predicted octanol–water partition coefficient (Wildman–Crippen LogP) is 2.34. The molecule has 0 spiro atoms. The number of nitrogens with one attached hydrogen (secondary N) is 1. The Bertz CT molecular complexity index is 350. The van der Waals surface area contributed by atoms with Gasteiger partial charge in [-0.25, -0.2) is 0 Å². The van der Waals surface area contributed by atoms with Gasteiger partial charge in [-0.3, -0.25) is 0 Å². The minimum absolute atomic E-state index is 0.0373. The fourth-order valence-electron chi connectivity index (χ4n) is 2.18. The Morgan fingerprint density at radius 1 is 1.38 bits per heavy atom. The van der Waals surface area contributed by atoms with Crippen LogP contribution in [0.3, 0.4) is 0 Å². The minimum Gasteiger partial charge on any atom is -0.375 e. The third kappa shape index (κ3) is 2.28. The molecule has 0 unspecified atom stereocenters. The van der Waals surface area contributed by atoms with Crippen molar-refractivity contribution in [3.8, 4) is 0 Å². The second-order valence-corrected chi connectivity index (χ2v) is 5.07. The molecule has 1 fully saturated rings. The van der Waals surface area contributed by atoms with Crippen molar-refractivity contribution in [3.63, 3.8) is 0 Å². The largest absolute Gasteiger partial charge is 0.375 e. The maximum absolute atomic E-state index is 5.62. The molecule has 2 rings (SSSR count). The van der Waals surface area contributed by atoms with Gasteiger partial charge in [0.2, 0.25) is 0 Å². The Kier molecular flexibility index (Phi) is 3.31. The maximum atomic E-state index is 5.62. The molecule has 1 N–H and O–H groups in total. The van der Waals surface area contributed by atoms with Crippen LogP contribution in [0.4, 0.5) is 0 Å². The van der Waals surface area contributed by atoms with Crippen molar-refractivity contribution in [3.05, 3.63) is 35.4 Å². The van der Waals surface area contributed by atoms with E-state index in [1.165, 1.54) is 11.1 Å². The van der Waals surface area contributed by atoms with E-state index in [4.69, 9.17) is 4.74 Å². The van der Waals surface area contributed by atoms with Gasteiger partial charge in [-0.15, -0.1) is 0 Å². The first-order valence-electron chi connectivity index (χ1n) is 6.00. The van der Waals surface area contributed by atoms with E-state index in [0.717, 1.165) is 19.5 Å². The van der Waals surface area contributed by atoms with E-state index in [0.29, 0.717) is 5.92 Å². The standard InChI is InChI=1S/C14H21NO/c1-11(2)13-6-4-5-12(7-13)8-14(16-3)9-15-10-14/h4-7,11,15H,8-10H2,1-3H3. The second-order valence-electron chi connectivity index (χ2n) is 5.07. The molecule has 0 radical (unpaired) electrons. The highest BCUT2D eigenvalue weighted by Gasteiger charge is 2.36. The molecule has 1 aromatic rings. The third-order valence-corrected chi connectivity index (χ3v) is 3.47. The van der Waals surface area contributed by atoms with Gasteiger partial charge in [-0.1, -0.05) is 38.1 Å². The lowest BCUT2D eigenvalue weighted by Crippen LogP contribution is -2.61. The van der Waals surface area contributed by atoms with Crippen molar-refractivity contribution in [2.75, 3.05) is 20.2 Å². The quantitative estimate of drug-likeness (QED) is 0.839. The van der Waals surface area contributed by atoms with E-state index in [2.05, 4.69) is 43.4 Å². The molecule has 88 valence electrons. The molecule has 0 atom stereocenters. The summed E-state index contributed by atoms with van der Waals surface area (Å²) in [7, 11) is 1.81. The van der Waals surface area contributed by atoms with Crippen molar-refractivity contribution >= 4 is 0 Å². The van der Waals surface area contributed by atoms with Gasteiger partial charge in [0.15, 0.2) is 0 Å². The van der Waals surface area contributed by atoms with Crippen LogP contribution in [0.25, 0.3) is 0 Å². The summed E-state index contributed by atoms with van der Waals surface area (Å²) in [5.74, 6) is 0.595. The molecule has 1 heterocycles. The fourth-order valence-corrected chi connectivity index (χ4v) is 2.18. The smallest absolute Gasteiger partial charge is 0.0966 e. The maximum Gasteiger partial charge on any atom is 0.0966 e. The first-order chi connectivity index (χ1) is 7.65. The van der Waals surface area contributed by atoms with E-state index in [-0.39, 0.29) is 5.60 Å². The Morgan fingerprint density at radius 2 is 2.12 bits per heavy atom. The Balaban J connectivity index is 2.12. The Morgan fingerprint density at radius 3 is 2.62 bits per heavy atom. The molecule has 0 aromatic heterocycles. The number of benzene rings is 1. The topological polar surface area (TPSA) is 21.3 Å². The zero-order valence-electron chi connectivity index (χ0n) is 10.4. The summed E-state index contributed by atoms with van der Waals surface area (Å²) in [6, 6.07) is 8.86. The van der Waals surface area contributed by atoms with Gasteiger partial charge in [-0.2, -0.15) is 0 Å². The van der Waals surface area contributed by atoms with Gasteiger partial charge in [0, 0.05) is 26.6 Å². The molecule has 2 nitrogen and oxygen atoms in total. The van der Waals surface area contributed by atoms with Gasteiger partial charge >= 0.3 is 0 Å². The van der Waals surface area contributed by atoms with Crippen LogP contribution >= 0.6 is 0 Å². The molecular formula is C14H21NO. The van der Waals surface area contributed by atoms with Crippen LogP contribution in [0.5, 0.6) is 0 Å². The van der Waals surface area contributed by atoms with Crippen LogP contribution < -0.4 is 5.32 Å². The molecule has 2 heteroatoms. The van der Waals surface area contributed by atoms with Gasteiger partial charge in [0.25, 0.3) is 0 Å². The highest BCUT2D eigenvalue weighted by Crippen LogP contribution is 2.23. The molecular weight excluding hydrogens is 198 g/mol. The second kappa shape index (κ2) is 4.56. The summed E-state index contributed by atoms with van der Waals surface area (Å²) < 4.78 is 5.62. The molecule has 0 bridgehead atoms. The normalized spacial score (nSPS) is 18.5. The average molecular weight is 219 g/mol. The van der Waals surface area contributed by atoms with Crippen LogP contribution in [-0.4, -0.2) is 25.8 Å². The van der Waals surface area contributed by atoms with Crippen molar-refractivity contribution < 1.29 is 4.74 Å². The number of ether oxygens (including phenoxy) is 1. The molecule has 0 amide bonds. The minimum atomic E-state index is 0.0373. The van der Waals surface area contributed by atoms with Crippen LogP contribution in [0.15, 0.2) is 24.3 Å². The first kappa shape index (κ1) is 11.6. The Hall–Kier alpha value is -0.860. The lowest BCUT2D eigenvalue weighted by Gasteiger charge is -2.41. The number of methoxy groups -OCH3 is 1. The summed E-state index contributed by atoms with van der Waals surface area (Å²) in [6.07, 6.45) is 1.01. The first-order valence-corrected chi connectivity index (χ1v) is 6.00. The number of hydrogen-bond donors (Lipinski definition) is 1. The molecule has 1 aliphatic heterocycles. The lowest BCUT2D eigenvalue weighted by molar-refractivity contribution is -0.0502. The number of hydrogen-bond acceptors (Lipinski definition) is 2. The summed E-state index contributed by atoms with van der Waals surface area (Å²) in [4.78, 5) is 0. The van der Waals surface area contributed by atoms with Crippen LogP contribution in [0.2, 0.25) is 0 Å². The van der Waals surface area contributed by atoms with Crippen LogP contribution in [-0.2, 0) is 11.2 Å².